The van der Waals surface area contributed by atoms with Crippen molar-refractivity contribution in [2.45, 2.75) is 59.3 Å². The monoisotopic (exact) mass is 316 g/mol. The van der Waals surface area contributed by atoms with Gasteiger partial charge in [0, 0.05) is 6.42 Å². The molecule has 0 bridgehead atoms. The molecule has 0 N–H and O–H groups in total. The number of hydrogen-bond donors (Lipinski definition) is 0. The van der Waals surface area contributed by atoms with E-state index in [1.165, 1.54) is 0 Å². The second kappa shape index (κ2) is 13.1. The molecule has 0 radical (unpaired) electrons. The summed E-state index contributed by atoms with van der Waals surface area (Å²) in [4.78, 5) is 35.1. The molecule has 0 rings (SSSR count). The molecule has 0 saturated heterocycles. The molecule has 0 aromatic heterocycles. The largest absolute Gasteiger partial charge is 0.466 e. The lowest BCUT2D eigenvalue weighted by molar-refractivity contribution is -0.156. The molecular formula is C16H28O6. The van der Waals surface area contributed by atoms with Gasteiger partial charge < -0.3 is 14.2 Å². The van der Waals surface area contributed by atoms with E-state index < -0.39 is 17.9 Å². The molecule has 0 aliphatic carbocycles. The van der Waals surface area contributed by atoms with Crippen molar-refractivity contribution in [1.29, 1.82) is 0 Å². The molecule has 0 fully saturated rings. The van der Waals surface area contributed by atoms with Crippen LogP contribution < -0.4 is 0 Å². The normalized spacial score (nSPS) is 11.6. The first kappa shape index (κ1) is 20.4. The highest BCUT2D eigenvalue weighted by Crippen LogP contribution is 2.16. The highest BCUT2D eigenvalue weighted by Gasteiger charge is 2.25. The molecule has 0 aliphatic heterocycles. The number of carbonyl (C=O) groups excluding carboxylic acids is 3. The molecule has 0 aromatic rings. The van der Waals surface area contributed by atoms with Crippen LogP contribution in [-0.2, 0) is 28.6 Å². The van der Waals surface area contributed by atoms with E-state index in [2.05, 4.69) is 0 Å². The summed E-state index contributed by atoms with van der Waals surface area (Å²) in [5.41, 5.74) is 0. The van der Waals surface area contributed by atoms with Crippen LogP contribution in [0.5, 0.6) is 0 Å². The van der Waals surface area contributed by atoms with Crippen molar-refractivity contribution in [3.05, 3.63) is 0 Å². The zero-order valence-electron chi connectivity index (χ0n) is 13.9. The SMILES string of the molecule is CCCOC(=O)CCC(CC(=O)OCCC)C(=O)OCCC. The van der Waals surface area contributed by atoms with Crippen LogP contribution in [0.15, 0.2) is 0 Å². The predicted molar refractivity (Wildman–Crippen MR) is 81.1 cm³/mol. The van der Waals surface area contributed by atoms with Gasteiger partial charge in [0.05, 0.1) is 32.2 Å². The quantitative estimate of drug-likeness (QED) is 0.407. The first-order valence-corrected chi connectivity index (χ1v) is 8.02. The summed E-state index contributed by atoms with van der Waals surface area (Å²) in [6, 6.07) is 0. The average Bonchev–Trinajstić information content (AvgIpc) is 2.52. The standard InChI is InChI=1S/C16H28O6/c1-4-9-20-14(17)8-7-13(16(19)22-11-6-3)12-15(18)21-10-5-2/h13H,4-12H2,1-3H3. The van der Waals surface area contributed by atoms with Gasteiger partial charge in [-0.2, -0.15) is 0 Å². The van der Waals surface area contributed by atoms with Crippen LogP contribution in [0.4, 0.5) is 0 Å². The number of ether oxygens (including phenoxy) is 3. The Morgan fingerprint density at radius 1 is 0.773 bits per heavy atom. The van der Waals surface area contributed by atoms with Gasteiger partial charge in [0.15, 0.2) is 0 Å². The first-order chi connectivity index (χ1) is 10.5. The molecule has 22 heavy (non-hydrogen) atoms. The molecule has 0 aromatic carbocycles. The van der Waals surface area contributed by atoms with Crippen molar-refractivity contribution in [2.24, 2.45) is 5.92 Å². The third-order valence-electron chi connectivity index (χ3n) is 2.83. The Kier molecular flexibility index (Phi) is 12.2. The molecule has 0 amide bonds. The lowest BCUT2D eigenvalue weighted by atomic mass is 9.99. The Morgan fingerprint density at radius 3 is 1.82 bits per heavy atom. The molecule has 0 spiro atoms. The second-order valence-electron chi connectivity index (χ2n) is 5.05. The lowest BCUT2D eigenvalue weighted by Crippen LogP contribution is -2.24. The number of carbonyl (C=O) groups is 3. The fraction of sp³-hybridized carbons (Fsp3) is 0.812. The van der Waals surface area contributed by atoms with E-state index in [1.54, 1.807) is 0 Å². The van der Waals surface area contributed by atoms with Crippen molar-refractivity contribution in [1.82, 2.24) is 0 Å². The van der Waals surface area contributed by atoms with E-state index in [9.17, 15) is 14.4 Å². The molecular weight excluding hydrogens is 288 g/mol. The summed E-state index contributed by atoms with van der Waals surface area (Å²) in [5.74, 6) is -1.93. The van der Waals surface area contributed by atoms with Gasteiger partial charge in [-0.05, 0) is 25.7 Å². The van der Waals surface area contributed by atoms with Crippen LogP contribution in [0, 0.1) is 5.92 Å². The third kappa shape index (κ3) is 10.2. The highest BCUT2D eigenvalue weighted by molar-refractivity contribution is 5.80. The fourth-order valence-corrected chi connectivity index (χ4v) is 1.68. The van der Waals surface area contributed by atoms with Gasteiger partial charge in [0.2, 0.25) is 0 Å². The molecule has 1 unspecified atom stereocenters. The summed E-state index contributed by atoms with van der Waals surface area (Å²) >= 11 is 0. The van der Waals surface area contributed by atoms with E-state index in [4.69, 9.17) is 14.2 Å². The van der Waals surface area contributed by atoms with Gasteiger partial charge in [-0.25, -0.2) is 0 Å². The Morgan fingerprint density at radius 2 is 1.27 bits per heavy atom. The minimum absolute atomic E-state index is 0.0659. The van der Waals surface area contributed by atoms with E-state index in [-0.39, 0.29) is 25.2 Å². The van der Waals surface area contributed by atoms with E-state index >= 15 is 0 Å². The van der Waals surface area contributed by atoms with Crippen molar-refractivity contribution in [3.8, 4) is 0 Å². The second-order valence-corrected chi connectivity index (χ2v) is 5.05. The van der Waals surface area contributed by atoms with Gasteiger partial charge >= 0.3 is 17.9 Å². The summed E-state index contributed by atoms with van der Waals surface area (Å²) in [7, 11) is 0. The van der Waals surface area contributed by atoms with E-state index in [0.29, 0.717) is 26.2 Å². The van der Waals surface area contributed by atoms with Crippen LogP contribution in [0.2, 0.25) is 0 Å². The minimum Gasteiger partial charge on any atom is -0.466 e. The Hall–Kier alpha value is -1.59. The average molecular weight is 316 g/mol. The Bertz CT molecular complexity index is 340. The van der Waals surface area contributed by atoms with E-state index in [0.717, 1.165) is 12.8 Å². The topological polar surface area (TPSA) is 78.9 Å². The molecule has 0 saturated carbocycles. The Balaban J connectivity index is 4.41. The van der Waals surface area contributed by atoms with Crippen LogP contribution >= 0.6 is 0 Å². The van der Waals surface area contributed by atoms with E-state index in [1.807, 2.05) is 20.8 Å². The van der Waals surface area contributed by atoms with Crippen molar-refractivity contribution < 1.29 is 28.6 Å². The summed E-state index contributed by atoms with van der Waals surface area (Å²) in [6.45, 7) is 6.68. The van der Waals surface area contributed by atoms with Crippen LogP contribution in [0.3, 0.4) is 0 Å². The summed E-state index contributed by atoms with van der Waals surface area (Å²) in [5, 5.41) is 0. The zero-order valence-corrected chi connectivity index (χ0v) is 13.9. The van der Waals surface area contributed by atoms with Crippen molar-refractivity contribution in [3.63, 3.8) is 0 Å². The van der Waals surface area contributed by atoms with Crippen molar-refractivity contribution in [2.75, 3.05) is 19.8 Å². The maximum Gasteiger partial charge on any atom is 0.309 e. The van der Waals surface area contributed by atoms with Gasteiger partial charge in [-0.3, -0.25) is 14.4 Å². The van der Waals surface area contributed by atoms with Crippen LogP contribution in [-0.4, -0.2) is 37.7 Å². The molecule has 128 valence electrons. The lowest BCUT2D eigenvalue weighted by Gasteiger charge is -2.15. The minimum atomic E-state index is -0.662. The highest BCUT2D eigenvalue weighted by atomic mass is 16.5. The number of rotatable bonds is 12. The smallest absolute Gasteiger partial charge is 0.309 e. The summed E-state index contributed by atoms with van der Waals surface area (Å²) < 4.78 is 15.0. The van der Waals surface area contributed by atoms with Crippen LogP contribution in [0.1, 0.15) is 59.3 Å². The molecule has 6 nitrogen and oxygen atoms in total. The fourth-order valence-electron chi connectivity index (χ4n) is 1.68. The van der Waals surface area contributed by atoms with Gasteiger partial charge in [0.1, 0.15) is 0 Å². The van der Waals surface area contributed by atoms with Gasteiger partial charge in [-0.15, -0.1) is 0 Å². The molecule has 6 heteroatoms. The molecule has 0 aliphatic rings. The Labute approximate surface area is 132 Å². The number of hydrogen-bond acceptors (Lipinski definition) is 6. The van der Waals surface area contributed by atoms with Crippen LogP contribution in [0.25, 0.3) is 0 Å². The predicted octanol–water partition coefficient (Wildman–Crippen LogP) is 2.63. The molecule has 0 heterocycles. The maximum absolute atomic E-state index is 12.0. The van der Waals surface area contributed by atoms with Gasteiger partial charge in [-0.1, -0.05) is 20.8 Å². The third-order valence-corrected chi connectivity index (χ3v) is 2.83. The summed E-state index contributed by atoms with van der Waals surface area (Å²) in [6.07, 6.45) is 2.43. The zero-order chi connectivity index (χ0) is 16.8. The molecule has 1 atom stereocenters. The first-order valence-electron chi connectivity index (χ1n) is 8.02. The van der Waals surface area contributed by atoms with Gasteiger partial charge in [0.25, 0.3) is 0 Å². The number of esters is 3. The maximum atomic E-state index is 12.0. The van der Waals surface area contributed by atoms with Crippen molar-refractivity contribution >= 4 is 17.9 Å².